The summed E-state index contributed by atoms with van der Waals surface area (Å²) < 4.78 is 24.6. The van der Waals surface area contributed by atoms with Gasteiger partial charge in [-0.1, -0.05) is 54.1 Å². The van der Waals surface area contributed by atoms with Gasteiger partial charge in [0, 0.05) is 10.6 Å². The maximum atomic E-state index is 6.20. The molecule has 1 saturated heterocycles. The van der Waals surface area contributed by atoms with Gasteiger partial charge in [-0.2, -0.15) is 0 Å². The van der Waals surface area contributed by atoms with Gasteiger partial charge in [0.05, 0.1) is 11.2 Å². The summed E-state index contributed by atoms with van der Waals surface area (Å²) >= 11 is 5.99. The second-order valence-electron chi connectivity index (χ2n) is 8.59. The lowest BCUT2D eigenvalue weighted by Crippen LogP contribution is -2.41. The van der Waals surface area contributed by atoms with Gasteiger partial charge in [-0.15, -0.1) is 0 Å². The van der Waals surface area contributed by atoms with Crippen LogP contribution in [0.25, 0.3) is 0 Å². The van der Waals surface area contributed by atoms with Crippen LogP contribution in [0.2, 0.25) is 5.02 Å². The van der Waals surface area contributed by atoms with Crippen LogP contribution in [0.1, 0.15) is 39.5 Å². The molecule has 0 amide bonds. The Balaban J connectivity index is 1.51. The summed E-state index contributed by atoms with van der Waals surface area (Å²) in [5, 5.41) is 0.655. The Hall–Kier alpha value is -2.47. The minimum atomic E-state index is -0.606. The first kappa shape index (κ1) is 21.8. The van der Waals surface area contributed by atoms with Crippen LogP contribution in [-0.2, 0) is 9.31 Å². The third-order valence-corrected chi connectivity index (χ3v) is 6.03. The molecule has 0 N–H and O–H groups in total. The molecule has 1 unspecified atom stereocenters. The average Bonchev–Trinajstić information content (AvgIpc) is 2.97. The van der Waals surface area contributed by atoms with Crippen molar-refractivity contribution >= 4 is 24.2 Å². The molecule has 1 aliphatic rings. The lowest BCUT2D eigenvalue weighted by Gasteiger charge is -2.32. The second-order valence-corrected chi connectivity index (χ2v) is 9.03. The molecule has 1 fully saturated rings. The molecule has 1 heterocycles. The van der Waals surface area contributed by atoms with Gasteiger partial charge in [-0.25, -0.2) is 0 Å². The molecule has 6 heteroatoms. The zero-order valence-corrected chi connectivity index (χ0v) is 18.9. The van der Waals surface area contributed by atoms with Crippen molar-refractivity contribution in [3.05, 3.63) is 89.4 Å². The van der Waals surface area contributed by atoms with E-state index in [1.54, 1.807) is 12.1 Å². The van der Waals surface area contributed by atoms with Crippen LogP contribution in [-0.4, -0.2) is 18.3 Å². The topological polar surface area (TPSA) is 36.9 Å². The molecular formula is C25H26BClO4. The molecule has 4 nitrogen and oxygen atoms in total. The van der Waals surface area contributed by atoms with E-state index in [2.05, 4.69) is 0 Å². The fourth-order valence-corrected chi connectivity index (χ4v) is 3.34. The molecule has 0 spiro atoms. The Morgan fingerprint density at radius 1 is 0.710 bits per heavy atom. The lowest BCUT2D eigenvalue weighted by atomic mass is 9.79. The van der Waals surface area contributed by atoms with E-state index < -0.39 is 13.4 Å². The van der Waals surface area contributed by atoms with Crippen LogP contribution in [0.4, 0.5) is 0 Å². The summed E-state index contributed by atoms with van der Waals surface area (Å²) in [6.45, 7) is 8.18. The number of hydrogen-bond acceptors (Lipinski definition) is 4. The van der Waals surface area contributed by atoms with E-state index in [0.717, 1.165) is 11.0 Å². The van der Waals surface area contributed by atoms with Crippen molar-refractivity contribution in [1.29, 1.82) is 0 Å². The molecule has 160 valence electrons. The van der Waals surface area contributed by atoms with Crippen molar-refractivity contribution in [3.8, 4) is 11.5 Å². The van der Waals surface area contributed by atoms with Crippen LogP contribution in [0.5, 0.6) is 11.5 Å². The number of halogens is 1. The summed E-state index contributed by atoms with van der Waals surface area (Å²) in [4.78, 5) is 0. The van der Waals surface area contributed by atoms with E-state index in [-0.39, 0.29) is 11.2 Å². The first-order chi connectivity index (χ1) is 14.7. The third-order valence-electron chi connectivity index (χ3n) is 5.78. The quantitative estimate of drug-likeness (QED) is 0.362. The summed E-state index contributed by atoms with van der Waals surface area (Å²) in [5.74, 6) is 1.36. The predicted octanol–water partition coefficient (Wildman–Crippen LogP) is 5.80. The molecule has 1 atom stereocenters. The summed E-state index contributed by atoms with van der Waals surface area (Å²) in [7, 11) is -0.408. The zero-order valence-electron chi connectivity index (χ0n) is 18.2. The van der Waals surface area contributed by atoms with Crippen molar-refractivity contribution in [3.63, 3.8) is 0 Å². The molecule has 0 bridgehead atoms. The Labute approximate surface area is 189 Å². The van der Waals surface area contributed by atoms with Crippen LogP contribution < -0.4 is 14.9 Å². The highest BCUT2D eigenvalue weighted by atomic mass is 35.5. The molecule has 31 heavy (non-hydrogen) atoms. The van der Waals surface area contributed by atoms with Gasteiger partial charge in [-0.05, 0) is 69.6 Å². The largest absolute Gasteiger partial charge is 0.494 e. The van der Waals surface area contributed by atoms with Gasteiger partial charge in [0.25, 0.3) is 6.29 Å². The highest BCUT2D eigenvalue weighted by molar-refractivity contribution is 6.62. The Morgan fingerprint density at radius 3 is 1.71 bits per heavy atom. The lowest BCUT2D eigenvalue weighted by molar-refractivity contribution is 0.00383. The maximum absolute atomic E-state index is 6.20. The summed E-state index contributed by atoms with van der Waals surface area (Å²) in [6, 6.07) is 24.8. The second kappa shape index (κ2) is 8.58. The average molecular weight is 437 g/mol. The van der Waals surface area contributed by atoms with Gasteiger partial charge in [0.1, 0.15) is 11.5 Å². The van der Waals surface area contributed by atoms with E-state index in [1.165, 1.54) is 0 Å². The van der Waals surface area contributed by atoms with Crippen LogP contribution in [0, 0.1) is 0 Å². The Kier molecular flexibility index (Phi) is 6.02. The van der Waals surface area contributed by atoms with Crippen molar-refractivity contribution in [2.24, 2.45) is 0 Å². The number of benzene rings is 3. The molecule has 4 rings (SSSR count). The molecule has 1 aliphatic heterocycles. The van der Waals surface area contributed by atoms with Crippen molar-refractivity contribution < 1.29 is 18.8 Å². The van der Waals surface area contributed by atoms with Crippen molar-refractivity contribution in [1.82, 2.24) is 0 Å². The summed E-state index contributed by atoms with van der Waals surface area (Å²) in [6.07, 6.45) is -0.606. The van der Waals surface area contributed by atoms with E-state index in [4.69, 9.17) is 30.4 Å². The van der Waals surface area contributed by atoms with E-state index in [0.29, 0.717) is 16.5 Å². The standard InChI is InChI=1S/C25H26BClO4/c1-24(2)25(3,4)31-26(30-24)19-10-14-21(15-11-19)28-23(18-8-6-5-7-9-18)29-22-16-12-20(27)13-17-22/h5-17,23H,1-4H3. The smallest absolute Gasteiger partial charge is 0.451 e. The molecule has 0 aliphatic carbocycles. The van der Waals surface area contributed by atoms with Gasteiger partial charge < -0.3 is 18.8 Å². The van der Waals surface area contributed by atoms with Gasteiger partial charge in [0.15, 0.2) is 0 Å². The van der Waals surface area contributed by atoms with E-state index >= 15 is 0 Å². The normalized spacial score (nSPS) is 17.9. The molecular weight excluding hydrogens is 411 g/mol. The van der Waals surface area contributed by atoms with Crippen LogP contribution in [0.3, 0.4) is 0 Å². The first-order valence-corrected chi connectivity index (χ1v) is 10.7. The van der Waals surface area contributed by atoms with Gasteiger partial charge in [-0.3, -0.25) is 0 Å². The molecule has 3 aromatic carbocycles. The van der Waals surface area contributed by atoms with E-state index in [1.807, 2.05) is 94.4 Å². The minimum absolute atomic E-state index is 0.377. The fraction of sp³-hybridized carbons (Fsp3) is 0.280. The van der Waals surface area contributed by atoms with Gasteiger partial charge in [0.2, 0.25) is 0 Å². The van der Waals surface area contributed by atoms with Gasteiger partial charge >= 0.3 is 7.12 Å². The highest BCUT2D eigenvalue weighted by Crippen LogP contribution is 2.36. The SMILES string of the molecule is CC1(C)OB(c2ccc(OC(Oc3ccc(Cl)cc3)c3ccccc3)cc2)OC1(C)C. The molecule has 3 aromatic rings. The number of hydrogen-bond donors (Lipinski definition) is 0. The minimum Gasteiger partial charge on any atom is -0.451 e. The number of ether oxygens (including phenoxy) is 2. The predicted molar refractivity (Wildman–Crippen MR) is 124 cm³/mol. The molecule has 0 aromatic heterocycles. The van der Waals surface area contributed by atoms with Crippen molar-refractivity contribution in [2.75, 3.05) is 0 Å². The number of rotatable bonds is 6. The Bertz CT molecular complexity index is 988. The fourth-order valence-electron chi connectivity index (χ4n) is 3.21. The zero-order chi connectivity index (χ0) is 22.1. The van der Waals surface area contributed by atoms with Crippen molar-refractivity contribution in [2.45, 2.75) is 45.2 Å². The summed E-state index contributed by atoms with van der Waals surface area (Å²) in [5.41, 5.74) is 1.10. The maximum Gasteiger partial charge on any atom is 0.494 e. The Morgan fingerprint density at radius 2 is 1.19 bits per heavy atom. The molecule has 0 saturated carbocycles. The monoisotopic (exact) mass is 436 g/mol. The van der Waals surface area contributed by atoms with E-state index in [9.17, 15) is 0 Å². The molecule has 0 radical (unpaired) electrons. The van der Waals surface area contributed by atoms with Crippen LogP contribution >= 0.6 is 11.6 Å². The first-order valence-electron chi connectivity index (χ1n) is 10.3. The highest BCUT2D eigenvalue weighted by Gasteiger charge is 2.51. The van der Waals surface area contributed by atoms with Crippen LogP contribution in [0.15, 0.2) is 78.9 Å². The third kappa shape index (κ3) is 4.90.